The first-order chi connectivity index (χ1) is 25.1. The normalized spacial score (nSPS) is 29.2. The number of aliphatic hydroxyl groups is 2. The van der Waals surface area contributed by atoms with Crippen LogP contribution in [0.25, 0.3) is 0 Å². The molecule has 2 unspecified atom stereocenters. The van der Waals surface area contributed by atoms with Crippen molar-refractivity contribution in [3.63, 3.8) is 0 Å². The van der Waals surface area contributed by atoms with E-state index in [1.807, 2.05) is 26.8 Å². The summed E-state index contributed by atoms with van der Waals surface area (Å²) < 4.78 is 23.2. The molecule has 10 atom stereocenters. The molecule has 0 bridgehead atoms. The molecular weight excluding hydrogens is 682 g/mol. The average Bonchev–Trinajstić information content (AvgIpc) is 3.13. The van der Waals surface area contributed by atoms with Crippen LogP contribution in [-0.2, 0) is 38.1 Å². The highest BCUT2D eigenvalue weighted by Gasteiger charge is 2.56. The van der Waals surface area contributed by atoms with Crippen molar-refractivity contribution >= 4 is 23.4 Å². The van der Waals surface area contributed by atoms with Crippen LogP contribution in [0.2, 0.25) is 0 Å². The number of rotatable bonds is 19. The third-order valence-electron chi connectivity index (χ3n) is 11.7. The number of piperidine rings is 1. The van der Waals surface area contributed by atoms with Gasteiger partial charge in [0.2, 0.25) is 5.79 Å². The third-order valence-corrected chi connectivity index (χ3v) is 11.7. The Labute approximate surface area is 316 Å². The number of carbonyl (C=O) groups excluding carboxylic acids is 3. The molecular formula is C41H67NO11. The van der Waals surface area contributed by atoms with Gasteiger partial charge < -0.3 is 39.2 Å². The van der Waals surface area contributed by atoms with Crippen LogP contribution in [-0.4, -0.2) is 114 Å². The minimum absolute atomic E-state index is 0.0189. The molecule has 3 saturated heterocycles. The highest BCUT2D eigenvalue weighted by Crippen LogP contribution is 2.38. The Hall–Kier alpha value is -2.48. The van der Waals surface area contributed by atoms with Gasteiger partial charge in [-0.15, -0.1) is 0 Å². The first kappa shape index (κ1) is 44.9. The van der Waals surface area contributed by atoms with Crippen molar-refractivity contribution in [1.29, 1.82) is 0 Å². The van der Waals surface area contributed by atoms with Gasteiger partial charge in [-0.2, -0.15) is 0 Å². The standard InChI is InChI=1S/C41H67NO11/c1-9-31(34(44)24-32(43)22-28(5)27(4)21-30-13-16-52-17-14-30)19-25(2)18-26(3)20-35(50-7)37-36(51-8)23-29(6)41(49,53-37)38(45)39(46)42-15-11-10-12-33(42)40(47)48/h19,21,26,28-33,35-37,43,49H,9-18,20,22-24H2,1-8H3,(H,47,48)/b25-19+,27-21+/t26-,28-,29+,31+,32+,33-,35-,36?,37?,41+/m0/s1. The molecule has 1 amide bonds. The van der Waals surface area contributed by atoms with Crippen LogP contribution in [0.3, 0.4) is 0 Å². The number of carboxylic acids is 1. The summed E-state index contributed by atoms with van der Waals surface area (Å²) in [4.78, 5) is 53.2. The molecule has 53 heavy (non-hydrogen) atoms. The van der Waals surface area contributed by atoms with Gasteiger partial charge in [-0.05, 0) is 95.8 Å². The van der Waals surface area contributed by atoms with E-state index in [9.17, 15) is 34.5 Å². The van der Waals surface area contributed by atoms with E-state index in [-0.39, 0.29) is 49.3 Å². The fourth-order valence-corrected chi connectivity index (χ4v) is 8.30. The van der Waals surface area contributed by atoms with Crippen molar-refractivity contribution < 1.29 is 53.4 Å². The Bertz CT molecular complexity index is 1290. The maximum atomic E-state index is 13.6. The molecule has 0 aromatic heterocycles. The van der Waals surface area contributed by atoms with Crippen molar-refractivity contribution in [2.24, 2.45) is 29.6 Å². The maximum absolute atomic E-state index is 13.6. The van der Waals surface area contributed by atoms with Gasteiger partial charge in [-0.1, -0.05) is 51.0 Å². The van der Waals surface area contributed by atoms with E-state index in [2.05, 4.69) is 19.9 Å². The number of amides is 1. The lowest BCUT2D eigenvalue weighted by molar-refractivity contribution is -0.302. The molecule has 0 spiro atoms. The number of carbonyl (C=O) groups is 4. The van der Waals surface area contributed by atoms with E-state index in [4.69, 9.17) is 18.9 Å². The summed E-state index contributed by atoms with van der Waals surface area (Å²) in [6.07, 6.45) is 7.58. The number of hydrogen-bond acceptors (Lipinski definition) is 10. The first-order valence-electron chi connectivity index (χ1n) is 19.7. The maximum Gasteiger partial charge on any atom is 0.326 e. The first-order valence-corrected chi connectivity index (χ1v) is 19.7. The van der Waals surface area contributed by atoms with Crippen LogP contribution in [0.4, 0.5) is 0 Å². The molecule has 0 aromatic rings. The second kappa shape index (κ2) is 21.0. The van der Waals surface area contributed by atoms with E-state index in [0.29, 0.717) is 44.4 Å². The van der Waals surface area contributed by atoms with Crippen LogP contribution in [0.15, 0.2) is 23.3 Å². The molecule has 0 aromatic carbocycles. The molecule has 3 fully saturated rings. The van der Waals surface area contributed by atoms with Gasteiger partial charge in [0, 0.05) is 52.2 Å². The number of hydrogen-bond donors (Lipinski definition) is 3. The van der Waals surface area contributed by atoms with E-state index in [0.717, 1.165) is 36.5 Å². The molecule has 3 aliphatic rings. The summed E-state index contributed by atoms with van der Waals surface area (Å²) in [7, 11) is 3.04. The molecule has 12 nitrogen and oxygen atoms in total. The molecule has 3 heterocycles. The van der Waals surface area contributed by atoms with Gasteiger partial charge in [-0.25, -0.2) is 4.79 Å². The van der Waals surface area contributed by atoms with Crippen molar-refractivity contribution in [1.82, 2.24) is 4.90 Å². The molecule has 12 heteroatoms. The van der Waals surface area contributed by atoms with Crippen LogP contribution in [0.1, 0.15) is 112 Å². The Kier molecular flexibility index (Phi) is 17.8. The van der Waals surface area contributed by atoms with Crippen LogP contribution in [0, 0.1) is 29.6 Å². The van der Waals surface area contributed by atoms with Crippen LogP contribution >= 0.6 is 0 Å². The summed E-state index contributed by atoms with van der Waals surface area (Å²) in [5, 5.41) is 32.2. The lowest BCUT2D eigenvalue weighted by atomic mass is 9.82. The van der Waals surface area contributed by atoms with Crippen molar-refractivity contribution in [2.45, 2.75) is 148 Å². The number of carboxylic acid groups (broad SMARTS) is 1. The second-order valence-electron chi connectivity index (χ2n) is 16.0. The summed E-state index contributed by atoms with van der Waals surface area (Å²) >= 11 is 0. The second-order valence-corrected chi connectivity index (χ2v) is 16.0. The molecule has 302 valence electrons. The fraction of sp³-hybridized carbons (Fsp3) is 0.805. The van der Waals surface area contributed by atoms with Gasteiger partial charge in [0.15, 0.2) is 0 Å². The third kappa shape index (κ3) is 12.3. The predicted octanol–water partition coefficient (Wildman–Crippen LogP) is 5.27. The predicted molar refractivity (Wildman–Crippen MR) is 200 cm³/mol. The monoisotopic (exact) mass is 749 g/mol. The van der Waals surface area contributed by atoms with E-state index in [1.165, 1.54) is 19.8 Å². The fourth-order valence-electron chi connectivity index (χ4n) is 8.30. The van der Waals surface area contributed by atoms with E-state index >= 15 is 0 Å². The topological polar surface area (TPSA) is 169 Å². The van der Waals surface area contributed by atoms with E-state index < -0.39 is 59.8 Å². The van der Waals surface area contributed by atoms with Gasteiger partial charge in [0.05, 0.1) is 18.3 Å². The molecule has 3 rings (SSSR count). The van der Waals surface area contributed by atoms with Crippen LogP contribution in [0.5, 0.6) is 0 Å². The lowest BCUT2D eigenvalue weighted by Gasteiger charge is -2.47. The zero-order chi connectivity index (χ0) is 39.5. The number of Topliss-reactive ketones (excluding diaryl/α,β-unsaturated/α-hetero) is 2. The molecule has 0 radical (unpaired) electrons. The lowest BCUT2D eigenvalue weighted by Crippen LogP contribution is -2.64. The number of aliphatic hydroxyl groups excluding tert-OH is 1. The molecule has 3 aliphatic heterocycles. The van der Waals surface area contributed by atoms with Gasteiger partial charge in [0.1, 0.15) is 17.9 Å². The van der Waals surface area contributed by atoms with E-state index in [1.54, 1.807) is 6.92 Å². The number of ketones is 2. The number of allylic oxidation sites excluding steroid dienone is 4. The highest BCUT2D eigenvalue weighted by molar-refractivity contribution is 6.39. The summed E-state index contributed by atoms with van der Waals surface area (Å²) in [6, 6.07) is -1.13. The number of likely N-dealkylation sites (tertiary alicyclic amines) is 1. The number of methoxy groups -OCH3 is 2. The number of aliphatic carboxylic acids is 1. The van der Waals surface area contributed by atoms with Gasteiger partial charge in [-0.3, -0.25) is 14.4 Å². The zero-order valence-electron chi connectivity index (χ0n) is 33.4. The smallest absolute Gasteiger partial charge is 0.326 e. The number of nitrogens with zero attached hydrogens (tertiary/aromatic N) is 1. The summed E-state index contributed by atoms with van der Waals surface area (Å²) in [5.74, 6) is -6.30. The molecule has 3 N–H and O–H groups in total. The minimum atomic E-state index is -2.48. The summed E-state index contributed by atoms with van der Waals surface area (Å²) in [5.41, 5.74) is 2.27. The largest absolute Gasteiger partial charge is 0.480 e. The van der Waals surface area contributed by atoms with Crippen LogP contribution < -0.4 is 0 Å². The SMILES string of the molecule is CC[C@H](/C=C(\C)C[C@H](C)C[C@H](OC)C1O[C@@](O)(C(=O)C(=O)N2CCCC[C@H]2C(=O)O)[C@H](C)CC1OC)C(=O)C[C@H](O)C[C@H](C)/C(C)=C/C1CCOCC1. The molecule has 0 saturated carbocycles. The Balaban J connectivity index is 1.62. The Morgan fingerprint density at radius 2 is 1.70 bits per heavy atom. The van der Waals surface area contributed by atoms with Crippen molar-refractivity contribution in [3.05, 3.63) is 23.3 Å². The van der Waals surface area contributed by atoms with Crippen molar-refractivity contribution in [3.8, 4) is 0 Å². The Morgan fingerprint density at radius 1 is 1.02 bits per heavy atom. The minimum Gasteiger partial charge on any atom is -0.480 e. The average molecular weight is 750 g/mol. The van der Waals surface area contributed by atoms with Gasteiger partial charge in [0.25, 0.3) is 11.7 Å². The van der Waals surface area contributed by atoms with Gasteiger partial charge >= 0.3 is 5.97 Å². The summed E-state index contributed by atoms with van der Waals surface area (Å²) in [6.45, 7) is 13.5. The molecule has 0 aliphatic carbocycles. The zero-order valence-corrected chi connectivity index (χ0v) is 33.4. The highest BCUT2D eigenvalue weighted by atomic mass is 16.7. The quantitative estimate of drug-likeness (QED) is 0.116. The number of ether oxygens (including phenoxy) is 4. The Morgan fingerprint density at radius 3 is 2.30 bits per heavy atom. The van der Waals surface area contributed by atoms with Crippen molar-refractivity contribution in [2.75, 3.05) is 34.0 Å².